The maximum atomic E-state index is 12.2. The number of para-hydroxylation sites is 1. The summed E-state index contributed by atoms with van der Waals surface area (Å²) in [7, 11) is 0. The van der Waals surface area contributed by atoms with Crippen molar-refractivity contribution < 1.29 is 14.3 Å². The molecule has 0 fully saturated rings. The van der Waals surface area contributed by atoms with Crippen LogP contribution in [0, 0.1) is 0 Å². The first-order valence-electron chi connectivity index (χ1n) is 6.74. The van der Waals surface area contributed by atoms with Crippen molar-refractivity contribution in [1.29, 1.82) is 0 Å². The Kier molecular flexibility index (Phi) is 3.18. The van der Waals surface area contributed by atoms with Crippen LogP contribution in [0.3, 0.4) is 0 Å². The SMILES string of the molecule is CC(C)OC(=O)c1cccc2c1Cc1ccccc1O2. The zero-order valence-electron chi connectivity index (χ0n) is 11.6. The number of fused-ring (bicyclic) bond motifs is 2. The van der Waals surface area contributed by atoms with Crippen LogP contribution < -0.4 is 4.74 Å². The quantitative estimate of drug-likeness (QED) is 0.660. The maximum Gasteiger partial charge on any atom is 0.338 e. The summed E-state index contributed by atoms with van der Waals surface area (Å²) in [6.45, 7) is 3.69. The van der Waals surface area contributed by atoms with E-state index in [1.165, 1.54) is 0 Å². The molecule has 102 valence electrons. The van der Waals surface area contributed by atoms with E-state index in [2.05, 4.69) is 0 Å². The summed E-state index contributed by atoms with van der Waals surface area (Å²) < 4.78 is 11.2. The highest BCUT2D eigenvalue weighted by atomic mass is 16.5. The number of carbonyl (C=O) groups is 1. The van der Waals surface area contributed by atoms with Gasteiger partial charge >= 0.3 is 5.97 Å². The number of hydrogen-bond acceptors (Lipinski definition) is 3. The molecule has 0 saturated heterocycles. The van der Waals surface area contributed by atoms with Gasteiger partial charge in [-0.05, 0) is 37.6 Å². The Morgan fingerprint density at radius 1 is 1.10 bits per heavy atom. The largest absolute Gasteiger partial charge is 0.459 e. The molecule has 0 radical (unpaired) electrons. The van der Waals surface area contributed by atoms with E-state index in [0.717, 1.165) is 22.6 Å². The molecule has 3 heteroatoms. The average molecular weight is 268 g/mol. The lowest BCUT2D eigenvalue weighted by molar-refractivity contribution is 0.0376. The maximum absolute atomic E-state index is 12.2. The number of hydrogen-bond donors (Lipinski definition) is 0. The van der Waals surface area contributed by atoms with Gasteiger partial charge in [-0.15, -0.1) is 0 Å². The second-order valence-electron chi connectivity index (χ2n) is 5.12. The Hall–Kier alpha value is -2.29. The fraction of sp³-hybridized carbons (Fsp3) is 0.235. The van der Waals surface area contributed by atoms with Gasteiger partial charge in [0.05, 0.1) is 11.7 Å². The van der Waals surface area contributed by atoms with Crippen LogP contribution in [0.1, 0.15) is 35.3 Å². The highest BCUT2D eigenvalue weighted by molar-refractivity contribution is 5.92. The topological polar surface area (TPSA) is 35.5 Å². The Morgan fingerprint density at radius 2 is 1.85 bits per heavy atom. The highest BCUT2D eigenvalue weighted by Crippen LogP contribution is 2.38. The number of rotatable bonds is 2. The zero-order valence-corrected chi connectivity index (χ0v) is 11.6. The second-order valence-corrected chi connectivity index (χ2v) is 5.12. The number of benzene rings is 2. The molecule has 0 bridgehead atoms. The van der Waals surface area contributed by atoms with E-state index in [0.29, 0.717) is 12.0 Å². The van der Waals surface area contributed by atoms with E-state index in [1.807, 2.05) is 50.2 Å². The van der Waals surface area contributed by atoms with Crippen LogP contribution >= 0.6 is 0 Å². The first-order valence-corrected chi connectivity index (χ1v) is 6.74. The summed E-state index contributed by atoms with van der Waals surface area (Å²) >= 11 is 0. The van der Waals surface area contributed by atoms with Gasteiger partial charge in [-0.25, -0.2) is 4.79 Å². The van der Waals surface area contributed by atoms with Gasteiger partial charge in [0.2, 0.25) is 0 Å². The molecule has 20 heavy (non-hydrogen) atoms. The summed E-state index contributed by atoms with van der Waals surface area (Å²) in [6.07, 6.45) is 0.560. The van der Waals surface area contributed by atoms with E-state index >= 15 is 0 Å². The van der Waals surface area contributed by atoms with E-state index in [9.17, 15) is 4.79 Å². The van der Waals surface area contributed by atoms with Crippen molar-refractivity contribution in [3.8, 4) is 11.5 Å². The van der Waals surface area contributed by atoms with Crippen molar-refractivity contribution in [1.82, 2.24) is 0 Å². The molecular weight excluding hydrogens is 252 g/mol. The van der Waals surface area contributed by atoms with Crippen molar-refractivity contribution in [2.45, 2.75) is 26.4 Å². The van der Waals surface area contributed by atoms with Gasteiger partial charge in [0, 0.05) is 12.0 Å². The molecule has 3 rings (SSSR count). The predicted molar refractivity (Wildman–Crippen MR) is 76.3 cm³/mol. The molecule has 1 heterocycles. The minimum Gasteiger partial charge on any atom is -0.459 e. The van der Waals surface area contributed by atoms with Crippen LogP contribution in [0.15, 0.2) is 42.5 Å². The molecule has 0 atom stereocenters. The molecule has 0 unspecified atom stereocenters. The van der Waals surface area contributed by atoms with Crippen molar-refractivity contribution >= 4 is 5.97 Å². The minimum atomic E-state index is -0.292. The van der Waals surface area contributed by atoms with Gasteiger partial charge in [0.1, 0.15) is 11.5 Å². The first-order chi connectivity index (χ1) is 9.65. The predicted octanol–water partition coefficient (Wildman–Crippen LogP) is 3.95. The Morgan fingerprint density at radius 3 is 2.65 bits per heavy atom. The molecule has 0 saturated carbocycles. The van der Waals surface area contributed by atoms with E-state index in [1.54, 1.807) is 6.07 Å². The first kappa shape index (κ1) is 12.7. The number of carbonyl (C=O) groups excluding carboxylic acids is 1. The van der Waals surface area contributed by atoms with E-state index < -0.39 is 0 Å². The van der Waals surface area contributed by atoms with Crippen LogP contribution in [0.4, 0.5) is 0 Å². The van der Waals surface area contributed by atoms with Crippen molar-refractivity contribution in [3.63, 3.8) is 0 Å². The van der Waals surface area contributed by atoms with Crippen LogP contribution in [-0.2, 0) is 11.2 Å². The molecule has 1 aliphatic heterocycles. The van der Waals surface area contributed by atoms with Crippen LogP contribution in [-0.4, -0.2) is 12.1 Å². The summed E-state index contributed by atoms with van der Waals surface area (Å²) in [5, 5.41) is 0. The molecule has 0 aromatic heterocycles. The average Bonchev–Trinajstić information content (AvgIpc) is 2.43. The van der Waals surface area contributed by atoms with Gasteiger partial charge in [-0.1, -0.05) is 24.3 Å². The molecule has 0 aliphatic carbocycles. The standard InChI is InChI=1S/C17H16O3/c1-11(2)19-17(18)13-7-5-9-16-14(13)10-12-6-3-4-8-15(12)20-16/h3-9,11H,10H2,1-2H3. The van der Waals surface area contributed by atoms with Gasteiger partial charge in [-0.3, -0.25) is 0 Å². The van der Waals surface area contributed by atoms with Gasteiger partial charge in [0.25, 0.3) is 0 Å². The van der Waals surface area contributed by atoms with E-state index in [-0.39, 0.29) is 12.1 Å². The smallest absolute Gasteiger partial charge is 0.338 e. The zero-order chi connectivity index (χ0) is 14.1. The summed E-state index contributed by atoms with van der Waals surface area (Å²) in [5.74, 6) is 1.30. The van der Waals surface area contributed by atoms with Crippen molar-refractivity contribution in [2.75, 3.05) is 0 Å². The normalized spacial score (nSPS) is 12.3. The van der Waals surface area contributed by atoms with Crippen LogP contribution in [0.2, 0.25) is 0 Å². The molecule has 2 aromatic carbocycles. The van der Waals surface area contributed by atoms with Gasteiger partial charge in [-0.2, -0.15) is 0 Å². The van der Waals surface area contributed by atoms with Crippen LogP contribution in [0.25, 0.3) is 0 Å². The molecule has 3 nitrogen and oxygen atoms in total. The molecule has 0 amide bonds. The second kappa shape index (κ2) is 5.00. The van der Waals surface area contributed by atoms with Crippen molar-refractivity contribution in [3.05, 3.63) is 59.2 Å². The lowest BCUT2D eigenvalue weighted by atomic mass is 9.96. The molecule has 0 N–H and O–H groups in total. The molecule has 0 spiro atoms. The van der Waals surface area contributed by atoms with Crippen molar-refractivity contribution in [2.24, 2.45) is 0 Å². The summed E-state index contributed by atoms with van der Waals surface area (Å²) in [6, 6.07) is 13.4. The Bertz CT molecular complexity index is 659. The lowest BCUT2D eigenvalue weighted by Gasteiger charge is -2.22. The third kappa shape index (κ3) is 2.27. The third-order valence-electron chi connectivity index (χ3n) is 3.26. The number of ether oxygens (including phenoxy) is 2. The summed E-state index contributed by atoms with van der Waals surface area (Å²) in [4.78, 5) is 12.2. The molecule has 1 aliphatic rings. The fourth-order valence-electron chi connectivity index (χ4n) is 2.37. The van der Waals surface area contributed by atoms with Gasteiger partial charge in [0.15, 0.2) is 0 Å². The monoisotopic (exact) mass is 268 g/mol. The minimum absolute atomic E-state index is 0.129. The molecule has 2 aromatic rings. The Balaban J connectivity index is 2.00. The van der Waals surface area contributed by atoms with Gasteiger partial charge < -0.3 is 9.47 Å². The van der Waals surface area contributed by atoms with Crippen LogP contribution in [0.5, 0.6) is 11.5 Å². The van der Waals surface area contributed by atoms with E-state index in [4.69, 9.17) is 9.47 Å². The Labute approximate surface area is 118 Å². The fourth-order valence-corrected chi connectivity index (χ4v) is 2.37. The lowest BCUT2D eigenvalue weighted by Crippen LogP contribution is -2.15. The number of esters is 1. The third-order valence-corrected chi connectivity index (χ3v) is 3.26. The molecular formula is C17H16O3. The summed E-state index contributed by atoms with van der Waals surface area (Å²) in [5.41, 5.74) is 2.58. The highest BCUT2D eigenvalue weighted by Gasteiger charge is 2.23.